The number of rotatable bonds is 7. The summed E-state index contributed by atoms with van der Waals surface area (Å²) in [6.07, 6.45) is 0.548. The number of nitrogens with zero attached hydrogens (tertiary/aromatic N) is 1. The number of carboxylic acid groups (broad SMARTS) is 1. The minimum absolute atomic E-state index is 0.0556. The largest absolute Gasteiger partial charge is 0.477 e. The van der Waals surface area contributed by atoms with Crippen LogP contribution >= 0.6 is 11.3 Å². The van der Waals surface area contributed by atoms with E-state index in [9.17, 15) is 18.0 Å². The molecule has 0 atom stereocenters. The van der Waals surface area contributed by atoms with Crippen LogP contribution in [0, 0.1) is 0 Å². The highest BCUT2D eigenvalue weighted by Gasteiger charge is 2.27. The number of hydrogen-bond donors (Lipinski definition) is 2. The van der Waals surface area contributed by atoms with Gasteiger partial charge in [0.15, 0.2) is 0 Å². The third kappa shape index (κ3) is 3.78. The normalized spacial score (nSPS) is 11.6. The smallest absolute Gasteiger partial charge is 0.345 e. The van der Waals surface area contributed by atoms with Crippen LogP contribution in [0.2, 0.25) is 0 Å². The van der Waals surface area contributed by atoms with Crippen LogP contribution in [0.25, 0.3) is 0 Å². The summed E-state index contributed by atoms with van der Waals surface area (Å²) in [7, 11) is -2.44. The Morgan fingerprint density at radius 3 is 2.55 bits per heavy atom. The maximum Gasteiger partial charge on any atom is 0.345 e. The van der Waals surface area contributed by atoms with E-state index in [-0.39, 0.29) is 22.9 Å². The number of hydrogen-bond acceptors (Lipinski definition) is 5. The Labute approximate surface area is 121 Å². The summed E-state index contributed by atoms with van der Waals surface area (Å²) < 4.78 is 25.8. The van der Waals surface area contributed by atoms with Crippen LogP contribution in [-0.2, 0) is 14.8 Å². The molecular formula is C11H16N2O5S2. The molecule has 0 saturated heterocycles. The third-order valence-corrected chi connectivity index (χ3v) is 5.39. The number of carbonyl (C=O) groups is 2. The Hall–Kier alpha value is -1.45. The van der Waals surface area contributed by atoms with Crippen LogP contribution in [0.15, 0.2) is 16.3 Å². The van der Waals surface area contributed by atoms with Gasteiger partial charge in [0.25, 0.3) is 0 Å². The van der Waals surface area contributed by atoms with E-state index in [4.69, 9.17) is 5.11 Å². The molecule has 0 spiro atoms. The molecule has 9 heteroatoms. The van der Waals surface area contributed by atoms with Gasteiger partial charge in [0.1, 0.15) is 4.88 Å². The van der Waals surface area contributed by atoms with E-state index >= 15 is 0 Å². The Balaban J connectivity index is 3.08. The maximum atomic E-state index is 12.4. The summed E-state index contributed by atoms with van der Waals surface area (Å²) in [4.78, 5) is 22.0. The van der Waals surface area contributed by atoms with E-state index in [0.717, 1.165) is 21.7 Å². The van der Waals surface area contributed by atoms with Crippen molar-refractivity contribution in [1.29, 1.82) is 0 Å². The van der Waals surface area contributed by atoms with Crippen molar-refractivity contribution in [2.45, 2.75) is 18.2 Å². The van der Waals surface area contributed by atoms with E-state index in [2.05, 4.69) is 5.32 Å². The van der Waals surface area contributed by atoms with Gasteiger partial charge in [0.05, 0.1) is 11.4 Å². The van der Waals surface area contributed by atoms with Gasteiger partial charge in [-0.1, -0.05) is 6.92 Å². The van der Waals surface area contributed by atoms with Crippen molar-refractivity contribution in [3.8, 4) is 0 Å². The van der Waals surface area contributed by atoms with Gasteiger partial charge in [-0.15, -0.1) is 11.3 Å². The predicted molar refractivity (Wildman–Crippen MR) is 74.4 cm³/mol. The number of thiophene rings is 1. The lowest BCUT2D eigenvalue weighted by molar-refractivity contribution is -0.120. The van der Waals surface area contributed by atoms with E-state index in [1.165, 1.54) is 12.4 Å². The molecule has 0 radical (unpaired) electrons. The molecular weight excluding hydrogens is 304 g/mol. The van der Waals surface area contributed by atoms with Gasteiger partial charge in [0, 0.05) is 19.0 Å². The van der Waals surface area contributed by atoms with Gasteiger partial charge in [-0.2, -0.15) is 4.31 Å². The Morgan fingerprint density at radius 1 is 1.45 bits per heavy atom. The highest BCUT2D eigenvalue weighted by atomic mass is 32.2. The molecule has 0 aromatic carbocycles. The molecule has 0 aliphatic carbocycles. The van der Waals surface area contributed by atoms with Gasteiger partial charge < -0.3 is 10.4 Å². The number of amides is 1. The molecule has 0 fully saturated rings. The van der Waals surface area contributed by atoms with Crippen molar-refractivity contribution in [2.75, 3.05) is 20.1 Å². The number of aromatic carboxylic acids is 1. The highest BCUT2D eigenvalue weighted by Crippen LogP contribution is 2.22. The van der Waals surface area contributed by atoms with Crippen LogP contribution in [0.1, 0.15) is 23.0 Å². The molecule has 0 bridgehead atoms. The monoisotopic (exact) mass is 320 g/mol. The van der Waals surface area contributed by atoms with E-state index in [1.807, 2.05) is 0 Å². The molecule has 0 aliphatic heterocycles. The van der Waals surface area contributed by atoms with Crippen molar-refractivity contribution in [2.24, 2.45) is 0 Å². The zero-order valence-electron chi connectivity index (χ0n) is 11.1. The number of sulfonamides is 1. The van der Waals surface area contributed by atoms with E-state index < -0.39 is 21.9 Å². The van der Waals surface area contributed by atoms with E-state index in [1.54, 1.807) is 6.92 Å². The Morgan fingerprint density at radius 2 is 2.10 bits per heavy atom. The fraction of sp³-hybridized carbons (Fsp3) is 0.455. The van der Waals surface area contributed by atoms with Crippen LogP contribution in [-0.4, -0.2) is 49.8 Å². The topological polar surface area (TPSA) is 104 Å². The summed E-state index contributed by atoms with van der Waals surface area (Å²) in [5.41, 5.74) is 0. The average Bonchev–Trinajstić information content (AvgIpc) is 2.88. The van der Waals surface area contributed by atoms with Crippen LogP contribution < -0.4 is 5.32 Å². The molecule has 20 heavy (non-hydrogen) atoms. The number of likely N-dealkylation sites (N-methyl/N-ethyl adjacent to an activating group) is 1. The zero-order chi connectivity index (χ0) is 15.3. The summed E-state index contributed by atoms with van der Waals surface area (Å²) >= 11 is 0.839. The van der Waals surface area contributed by atoms with Crippen LogP contribution in [0.3, 0.4) is 0 Å². The maximum absolute atomic E-state index is 12.4. The third-order valence-electron chi connectivity index (χ3n) is 2.50. The van der Waals surface area contributed by atoms with Gasteiger partial charge >= 0.3 is 5.97 Å². The molecule has 0 unspecified atom stereocenters. The van der Waals surface area contributed by atoms with Gasteiger partial charge in [-0.05, 0) is 12.5 Å². The Kier molecular flexibility index (Phi) is 5.66. The van der Waals surface area contributed by atoms with Crippen molar-refractivity contribution >= 4 is 33.2 Å². The predicted octanol–water partition coefficient (Wildman–Crippen LogP) is 0.593. The van der Waals surface area contributed by atoms with Crippen molar-refractivity contribution in [3.63, 3.8) is 0 Å². The second kappa shape index (κ2) is 6.82. The minimum Gasteiger partial charge on any atom is -0.477 e. The first kappa shape index (κ1) is 16.6. The second-order valence-corrected chi connectivity index (χ2v) is 6.81. The SMILES string of the molecule is CCCN(CC(=O)NC)S(=O)(=O)c1csc(C(=O)O)c1. The van der Waals surface area contributed by atoms with Gasteiger partial charge in [-0.25, -0.2) is 13.2 Å². The number of carboxylic acids is 1. The first-order chi connectivity index (χ1) is 9.32. The van der Waals surface area contributed by atoms with Crippen LogP contribution in [0.5, 0.6) is 0 Å². The van der Waals surface area contributed by atoms with Crippen molar-refractivity contribution in [3.05, 3.63) is 16.3 Å². The molecule has 7 nitrogen and oxygen atoms in total. The number of carbonyl (C=O) groups excluding carboxylic acids is 1. The van der Waals surface area contributed by atoms with Crippen molar-refractivity contribution < 1.29 is 23.1 Å². The fourth-order valence-corrected chi connectivity index (χ4v) is 4.08. The summed E-state index contributed by atoms with van der Waals surface area (Å²) in [5, 5.41) is 12.5. The number of nitrogens with one attached hydrogen (secondary N) is 1. The average molecular weight is 320 g/mol. The highest BCUT2D eigenvalue weighted by molar-refractivity contribution is 7.89. The van der Waals surface area contributed by atoms with Crippen molar-refractivity contribution in [1.82, 2.24) is 9.62 Å². The molecule has 112 valence electrons. The first-order valence-electron chi connectivity index (χ1n) is 5.85. The van der Waals surface area contributed by atoms with Gasteiger partial charge in [0.2, 0.25) is 15.9 Å². The summed E-state index contributed by atoms with van der Waals surface area (Å²) in [6.45, 7) is 1.70. The lowest BCUT2D eigenvalue weighted by Gasteiger charge is -2.19. The first-order valence-corrected chi connectivity index (χ1v) is 8.17. The molecule has 0 saturated carbocycles. The molecule has 1 aromatic rings. The zero-order valence-corrected chi connectivity index (χ0v) is 12.8. The van der Waals surface area contributed by atoms with Crippen LogP contribution in [0.4, 0.5) is 0 Å². The second-order valence-electron chi connectivity index (χ2n) is 3.96. The lowest BCUT2D eigenvalue weighted by Crippen LogP contribution is -2.39. The quantitative estimate of drug-likeness (QED) is 0.765. The standard InChI is InChI=1S/C11H16N2O5S2/c1-3-4-13(6-10(14)12-2)20(17,18)8-5-9(11(15)16)19-7-8/h5,7H,3-4,6H2,1-2H3,(H,12,14)(H,15,16). The summed E-state index contributed by atoms with van der Waals surface area (Å²) in [5.74, 6) is -1.60. The molecule has 1 aromatic heterocycles. The van der Waals surface area contributed by atoms with Gasteiger partial charge in [-0.3, -0.25) is 4.79 Å². The molecule has 1 rings (SSSR count). The van der Waals surface area contributed by atoms with E-state index in [0.29, 0.717) is 6.42 Å². The molecule has 1 heterocycles. The lowest BCUT2D eigenvalue weighted by atomic mass is 10.4. The molecule has 0 aliphatic rings. The summed E-state index contributed by atoms with van der Waals surface area (Å²) in [6, 6.07) is 1.11. The minimum atomic E-state index is -3.86. The fourth-order valence-electron chi connectivity index (χ4n) is 1.49. The molecule has 2 N–H and O–H groups in total. The Bertz CT molecular complexity index is 594. The molecule has 1 amide bonds.